The van der Waals surface area contributed by atoms with E-state index in [2.05, 4.69) is 51.7 Å². The second-order valence-corrected chi connectivity index (χ2v) is 9.01. The predicted octanol–water partition coefficient (Wildman–Crippen LogP) is 3.08. The molecule has 1 aliphatic rings. The summed E-state index contributed by atoms with van der Waals surface area (Å²) in [4.78, 5) is 9.59. The Labute approximate surface area is 207 Å². The zero-order valence-electron chi connectivity index (χ0n) is 18.8. The molecule has 1 unspecified atom stereocenters. The molecule has 2 heterocycles. The highest BCUT2D eigenvalue weighted by atomic mass is 127. The van der Waals surface area contributed by atoms with Crippen LogP contribution in [0, 0.1) is 0 Å². The number of halogens is 1. The van der Waals surface area contributed by atoms with Gasteiger partial charge in [0.05, 0.1) is 13.1 Å². The fourth-order valence-electron chi connectivity index (χ4n) is 3.46. The van der Waals surface area contributed by atoms with Crippen LogP contribution in [0.1, 0.15) is 30.5 Å². The molecule has 1 atom stereocenters. The van der Waals surface area contributed by atoms with Crippen LogP contribution in [0.15, 0.2) is 46.1 Å². The molecule has 3 N–H and O–H groups in total. The fraction of sp³-hybridized carbons (Fsp3) is 0.522. The minimum absolute atomic E-state index is 0. The molecule has 0 radical (unpaired) electrons. The molecule has 0 saturated carbocycles. The van der Waals surface area contributed by atoms with Gasteiger partial charge in [-0.15, -0.1) is 24.0 Å². The Morgan fingerprint density at radius 3 is 2.39 bits per heavy atom. The van der Waals surface area contributed by atoms with Crippen LogP contribution in [0.3, 0.4) is 0 Å². The van der Waals surface area contributed by atoms with E-state index in [1.807, 2.05) is 30.7 Å². The number of piperazine rings is 1. The number of hydrogen-bond acceptors (Lipinski definition) is 5. The Kier molecular flexibility index (Phi) is 10.7. The lowest BCUT2D eigenvalue weighted by Gasteiger charge is -2.32. The van der Waals surface area contributed by atoms with Crippen LogP contribution in [0.4, 0.5) is 0 Å². The van der Waals surface area contributed by atoms with Gasteiger partial charge in [-0.2, -0.15) is 11.3 Å². The molecule has 3 rings (SSSR count). The van der Waals surface area contributed by atoms with Gasteiger partial charge in [0.2, 0.25) is 0 Å². The zero-order valence-corrected chi connectivity index (χ0v) is 22.0. The lowest BCUT2D eigenvalue weighted by Crippen LogP contribution is -2.44. The van der Waals surface area contributed by atoms with Gasteiger partial charge in [0.1, 0.15) is 5.60 Å². The van der Waals surface area contributed by atoms with Gasteiger partial charge in [0.15, 0.2) is 5.96 Å². The third-order valence-corrected chi connectivity index (χ3v) is 6.22. The number of benzene rings is 1. The number of rotatable bonds is 8. The van der Waals surface area contributed by atoms with E-state index in [0.29, 0.717) is 13.1 Å². The first-order chi connectivity index (χ1) is 14.5. The molecule has 0 amide bonds. The van der Waals surface area contributed by atoms with Crippen molar-refractivity contribution in [2.24, 2.45) is 4.99 Å². The van der Waals surface area contributed by atoms with E-state index in [4.69, 9.17) is 4.99 Å². The molecule has 0 spiro atoms. The molecule has 2 aromatic rings. The molecule has 0 bridgehead atoms. The molecule has 1 aliphatic heterocycles. The standard InChI is InChI=1S/C23H35N5OS.HI/c1-4-24-22(26-18-23(2,29)21-9-14-30-17-21)25-15-19-5-7-20(8-6-19)16-28-12-10-27(3)11-13-28;/h5-9,14,17,29H,4,10-13,15-16,18H2,1-3H3,(H2,24,25,26);1H. The molecule has 1 saturated heterocycles. The van der Waals surface area contributed by atoms with Crippen LogP contribution in [0.5, 0.6) is 0 Å². The highest BCUT2D eigenvalue weighted by Gasteiger charge is 2.23. The third-order valence-electron chi connectivity index (χ3n) is 5.53. The normalized spacial score (nSPS) is 17.6. The van der Waals surface area contributed by atoms with Gasteiger partial charge in [-0.3, -0.25) is 4.90 Å². The van der Waals surface area contributed by atoms with Crippen molar-refractivity contribution in [2.75, 3.05) is 46.3 Å². The molecule has 8 heteroatoms. The number of thiophene rings is 1. The third kappa shape index (κ3) is 8.34. The quantitative estimate of drug-likeness (QED) is 0.265. The highest BCUT2D eigenvalue weighted by Crippen LogP contribution is 2.22. The molecular formula is C23H36IN5OS. The largest absolute Gasteiger partial charge is 0.384 e. The number of guanidine groups is 1. The van der Waals surface area contributed by atoms with Crippen molar-refractivity contribution in [3.05, 3.63) is 57.8 Å². The summed E-state index contributed by atoms with van der Waals surface area (Å²) in [5, 5.41) is 21.2. The number of nitrogens with one attached hydrogen (secondary N) is 2. The van der Waals surface area contributed by atoms with E-state index in [1.165, 1.54) is 11.1 Å². The first kappa shape index (κ1) is 26.1. The average Bonchev–Trinajstić information content (AvgIpc) is 3.29. The van der Waals surface area contributed by atoms with Crippen LogP contribution >= 0.6 is 35.3 Å². The number of aliphatic imine (C=N–C) groups is 1. The molecular weight excluding hydrogens is 521 g/mol. The first-order valence-electron chi connectivity index (χ1n) is 10.7. The van der Waals surface area contributed by atoms with Crippen molar-refractivity contribution in [2.45, 2.75) is 32.5 Å². The number of aliphatic hydroxyl groups is 1. The second kappa shape index (κ2) is 12.7. The maximum atomic E-state index is 10.7. The summed E-state index contributed by atoms with van der Waals surface area (Å²) >= 11 is 1.59. The minimum Gasteiger partial charge on any atom is -0.384 e. The van der Waals surface area contributed by atoms with Crippen molar-refractivity contribution in [3.63, 3.8) is 0 Å². The Hall–Kier alpha value is -1.20. The van der Waals surface area contributed by atoms with Crippen LogP contribution in [0.2, 0.25) is 0 Å². The summed E-state index contributed by atoms with van der Waals surface area (Å²) in [6.07, 6.45) is 0. The Bertz CT molecular complexity index is 787. The highest BCUT2D eigenvalue weighted by molar-refractivity contribution is 14.0. The Morgan fingerprint density at radius 2 is 1.77 bits per heavy atom. The molecule has 1 aromatic heterocycles. The van der Waals surface area contributed by atoms with E-state index in [1.54, 1.807) is 11.3 Å². The lowest BCUT2D eigenvalue weighted by atomic mass is 9.99. The van der Waals surface area contributed by atoms with Crippen LogP contribution in [-0.4, -0.2) is 67.2 Å². The first-order valence-corrected chi connectivity index (χ1v) is 11.7. The van der Waals surface area contributed by atoms with Crippen molar-refractivity contribution in [1.82, 2.24) is 20.4 Å². The number of nitrogens with zero attached hydrogens (tertiary/aromatic N) is 3. The van der Waals surface area contributed by atoms with E-state index in [0.717, 1.165) is 50.8 Å². The van der Waals surface area contributed by atoms with Crippen LogP contribution < -0.4 is 10.6 Å². The maximum Gasteiger partial charge on any atom is 0.191 e. The molecule has 172 valence electrons. The van der Waals surface area contributed by atoms with Crippen molar-refractivity contribution in [1.29, 1.82) is 0 Å². The van der Waals surface area contributed by atoms with Crippen molar-refractivity contribution < 1.29 is 5.11 Å². The summed E-state index contributed by atoms with van der Waals surface area (Å²) in [6.45, 7) is 11.2. The second-order valence-electron chi connectivity index (χ2n) is 8.23. The van der Waals surface area contributed by atoms with Gasteiger partial charge >= 0.3 is 0 Å². The van der Waals surface area contributed by atoms with Gasteiger partial charge in [0, 0.05) is 39.3 Å². The zero-order chi connectivity index (χ0) is 21.4. The monoisotopic (exact) mass is 557 g/mol. The van der Waals surface area contributed by atoms with Crippen LogP contribution in [0.25, 0.3) is 0 Å². The predicted molar refractivity (Wildman–Crippen MR) is 141 cm³/mol. The smallest absolute Gasteiger partial charge is 0.191 e. The Morgan fingerprint density at radius 1 is 1.10 bits per heavy atom. The topological polar surface area (TPSA) is 63.1 Å². The average molecular weight is 558 g/mol. The SMILES string of the molecule is CCNC(=NCc1ccc(CN2CCN(C)CC2)cc1)NCC(C)(O)c1ccsc1.I. The molecule has 1 aromatic carbocycles. The van der Waals surface area contributed by atoms with E-state index >= 15 is 0 Å². The van der Waals surface area contributed by atoms with E-state index in [-0.39, 0.29) is 24.0 Å². The molecule has 1 fully saturated rings. The molecule has 0 aliphatic carbocycles. The van der Waals surface area contributed by atoms with Gasteiger partial charge in [-0.1, -0.05) is 24.3 Å². The van der Waals surface area contributed by atoms with E-state index in [9.17, 15) is 5.11 Å². The van der Waals surface area contributed by atoms with Gasteiger partial charge in [-0.25, -0.2) is 4.99 Å². The molecule has 31 heavy (non-hydrogen) atoms. The summed E-state index contributed by atoms with van der Waals surface area (Å²) in [5.74, 6) is 0.717. The lowest BCUT2D eigenvalue weighted by molar-refractivity contribution is 0.0621. The summed E-state index contributed by atoms with van der Waals surface area (Å²) in [7, 11) is 2.19. The number of likely N-dealkylation sites (N-methyl/N-ethyl adjacent to an activating group) is 1. The van der Waals surface area contributed by atoms with E-state index < -0.39 is 5.60 Å². The fourth-order valence-corrected chi connectivity index (χ4v) is 4.24. The summed E-state index contributed by atoms with van der Waals surface area (Å²) < 4.78 is 0. The van der Waals surface area contributed by atoms with Gasteiger partial charge < -0.3 is 20.6 Å². The summed E-state index contributed by atoms with van der Waals surface area (Å²) in [6, 6.07) is 10.7. The van der Waals surface area contributed by atoms with Crippen LogP contribution in [-0.2, 0) is 18.7 Å². The van der Waals surface area contributed by atoms with Crippen molar-refractivity contribution >= 4 is 41.3 Å². The Balaban J connectivity index is 0.00000341. The van der Waals surface area contributed by atoms with Gasteiger partial charge in [0.25, 0.3) is 0 Å². The summed E-state index contributed by atoms with van der Waals surface area (Å²) in [5.41, 5.74) is 2.52. The minimum atomic E-state index is -0.929. The number of hydrogen-bond donors (Lipinski definition) is 3. The molecule has 6 nitrogen and oxygen atoms in total. The van der Waals surface area contributed by atoms with Crippen molar-refractivity contribution in [3.8, 4) is 0 Å². The van der Waals surface area contributed by atoms with Gasteiger partial charge in [-0.05, 0) is 54.4 Å². The maximum absolute atomic E-state index is 10.7.